The van der Waals surface area contributed by atoms with Crippen LogP contribution < -0.4 is 15.2 Å². The Morgan fingerprint density at radius 2 is 1.43 bits per heavy atom. The lowest BCUT2D eigenvalue weighted by Gasteiger charge is -2.16. The highest BCUT2D eigenvalue weighted by Crippen LogP contribution is 2.23. The monoisotopic (exact) mass is 313 g/mol. The average Bonchev–Trinajstić information content (AvgIpc) is 2.59. The number of benzene rings is 2. The zero-order valence-electron chi connectivity index (χ0n) is 14.3. The van der Waals surface area contributed by atoms with E-state index in [0.29, 0.717) is 25.0 Å². The first-order chi connectivity index (χ1) is 11.1. The van der Waals surface area contributed by atoms with E-state index in [9.17, 15) is 0 Å². The second kappa shape index (κ2) is 8.59. The standard InChI is InChI=1S/C20H27NO2/c1-15(2)16-4-10-20(11-5-16)23-13-12-18(14-21)17-6-8-19(22-3)9-7-17/h4-11,15,18H,12-14,21H2,1-3H3. The second-order valence-electron chi connectivity index (χ2n) is 6.07. The minimum atomic E-state index is 0.302. The summed E-state index contributed by atoms with van der Waals surface area (Å²) in [5.74, 6) is 2.63. The van der Waals surface area contributed by atoms with Crippen LogP contribution in [0, 0.1) is 0 Å². The van der Waals surface area contributed by atoms with Gasteiger partial charge in [-0.05, 0) is 60.2 Å². The molecule has 2 aromatic carbocycles. The predicted octanol–water partition coefficient (Wildman–Crippen LogP) is 4.33. The van der Waals surface area contributed by atoms with E-state index in [0.717, 1.165) is 17.9 Å². The van der Waals surface area contributed by atoms with Gasteiger partial charge >= 0.3 is 0 Å². The van der Waals surface area contributed by atoms with Crippen LogP contribution in [0.4, 0.5) is 0 Å². The number of hydrogen-bond donors (Lipinski definition) is 1. The van der Waals surface area contributed by atoms with Crippen LogP contribution in [-0.2, 0) is 0 Å². The van der Waals surface area contributed by atoms with E-state index in [1.165, 1.54) is 11.1 Å². The Balaban J connectivity index is 1.87. The minimum Gasteiger partial charge on any atom is -0.497 e. The molecule has 0 heterocycles. The summed E-state index contributed by atoms with van der Waals surface area (Å²) in [6.45, 7) is 5.66. The molecule has 0 saturated heterocycles. The summed E-state index contributed by atoms with van der Waals surface area (Å²) in [6, 6.07) is 16.4. The Bertz CT molecular complexity index is 576. The average molecular weight is 313 g/mol. The molecule has 0 aromatic heterocycles. The van der Waals surface area contributed by atoms with Crippen LogP contribution in [0.5, 0.6) is 11.5 Å². The van der Waals surface area contributed by atoms with Crippen LogP contribution in [0.1, 0.15) is 43.2 Å². The van der Waals surface area contributed by atoms with Crippen molar-refractivity contribution in [1.82, 2.24) is 0 Å². The second-order valence-corrected chi connectivity index (χ2v) is 6.07. The fourth-order valence-corrected chi connectivity index (χ4v) is 2.56. The van der Waals surface area contributed by atoms with Gasteiger partial charge in [0.1, 0.15) is 11.5 Å². The Morgan fingerprint density at radius 3 is 1.96 bits per heavy atom. The van der Waals surface area contributed by atoms with Gasteiger partial charge in [-0.25, -0.2) is 0 Å². The smallest absolute Gasteiger partial charge is 0.119 e. The predicted molar refractivity (Wildman–Crippen MR) is 95.4 cm³/mol. The Morgan fingerprint density at radius 1 is 0.870 bits per heavy atom. The number of hydrogen-bond acceptors (Lipinski definition) is 3. The van der Waals surface area contributed by atoms with E-state index >= 15 is 0 Å². The minimum absolute atomic E-state index is 0.302. The van der Waals surface area contributed by atoms with E-state index in [4.69, 9.17) is 15.2 Å². The zero-order chi connectivity index (χ0) is 16.7. The van der Waals surface area contributed by atoms with Crippen LogP contribution in [-0.4, -0.2) is 20.3 Å². The molecule has 3 nitrogen and oxygen atoms in total. The SMILES string of the molecule is COc1ccc(C(CN)CCOc2ccc(C(C)C)cc2)cc1. The third-order valence-electron chi connectivity index (χ3n) is 4.15. The lowest BCUT2D eigenvalue weighted by atomic mass is 9.96. The highest BCUT2D eigenvalue weighted by atomic mass is 16.5. The molecule has 1 atom stereocenters. The lowest BCUT2D eigenvalue weighted by molar-refractivity contribution is 0.298. The van der Waals surface area contributed by atoms with Gasteiger partial charge in [-0.2, -0.15) is 0 Å². The van der Waals surface area contributed by atoms with Crippen LogP contribution in [0.15, 0.2) is 48.5 Å². The summed E-state index contributed by atoms with van der Waals surface area (Å²) >= 11 is 0. The van der Waals surface area contributed by atoms with Crippen molar-refractivity contribution in [1.29, 1.82) is 0 Å². The van der Waals surface area contributed by atoms with E-state index in [-0.39, 0.29) is 0 Å². The van der Waals surface area contributed by atoms with Gasteiger partial charge < -0.3 is 15.2 Å². The molecule has 0 aliphatic carbocycles. The number of methoxy groups -OCH3 is 1. The highest BCUT2D eigenvalue weighted by molar-refractivity contribution is 5.30. The zero-order valence-corrected chi connectivity index (χ0v) is 14.3. The summed E-state index contributed by atoms with van der Waals surface area (Å²) in [5, 5.41) is 0. The molecular weight excluding hydrogens is 286 g/mol. The molecule has 0 fully saturated rings. The van der Waals surface area contributed by atoms with Gasteiger partial charge in [0.25, 0.3) is 0 Å². The van der Waals surface area contributed by atoms with Gasteiger partial charge in [-0.1, -0.05) is 38.1 Å². The van der Waals surface area contributed by atoms with E-state index in [2.05, 4.69) is 38.1 Å². The van der Waals surface area contributed by atoms with Crippen molar-refractivity contribution in [3.63, 3.8) is 0 Å². The van der Waals surface area contributed by atoms with E-state index < -0.39 is 0 Å². The van der Waals surface area contributed by atoms with Gasteiger partial charge in [-0.3, -0.25) is 0 Å². The van der Waals surface area contributed by atoms with Crippen molar-refractivity contribution in [3.8, 4) is 11.5 Å². The first kappa shape index (κ1) is 17.4. The van der Waals surface area contributed by atoms with Crippen molar-refractivity contribution >= 4 is 0 Å². The molecule has 0 aliphatic rings. The molecule has 23 heavy (non-hydrogen) atoms. The van der Waals surface area contributed by atoms with Gasteiger partial charge in [0.05, 0.1) is 13.7 Å². The molecule has 0 amide bonds. The van der Waals surface area contributed by atoms with Crippen molar-refractivity contribution in [2.24, 2.45) is 5.73 Å². The van der Waals surface area contributed by atoms with Crippen LogP contribution in [0.2, 0.25) is 0 Å². The third kappa shape index (κ3) is 5.00. The molecule has 0 saturated carbocycles. The summed E-state index contributed by atoms with van der Waals surface area (Å²) in [7, 11) is 1.67. The van der Waals surface area contributed by atoms with Crippen LogP contribution in [0.3, 0.4) is 0 Å². The fraction of sp³-hybridized carbons (Fsp3) is 0.400. The molecule has 3 heteroatoms. The van der Waals surface area contributed by atoms with E-state index in [1.54, 1.807) is 7.11 Å². The largest absolute Gasteiger partial charge is 0.497 e. The molecule has 0 radical (unpaired) electrons. The first-order valence-corrected chi connectivity index (χ1v) is 8.20. The maximum Gasteiger partial charge on any atom is 0.119 e. The lowest BCUT2D eigenvalue weighted by Crippen LogP contribution is -2.15. The van der Waals surface area contributed by atoms with Gasteiger partial charge in [0.2, 0.25) is 0 Å². The first-order valence-electron chi connectivity index (χ1n) is 8.20. The van der Waals surface area contributed by atoms with Crippen LogP contribution in [0.25, 0.3) is 0 Å². The maximum absolute atomic E-state index is 5.92. The number of nitrogens with two attached hydrogens (primary N) is 1. The Hall–Kier alpha value is -2.00. The molecule has 0 spiro atoms. The molecule has 2 N–H and O–H groups in total. The van der Waals surface area contributed by atoms with Gasteiger partial charge in [-0.15, -0.1) is 0 Å². The molecule has 0 aliphatic heterocycles. The fourth-order valence-electron chi connectivity index (χ4n) is 2.56. The van der Waals surface area contributed by atoms with Crippen LogP contribution >= 0.6 is 0 Å². The molecule has 2 rings (SSSR count). The number of ether oxygens (including phenoxy) is 2. The van der Waals surface area contributed by atoms with Gasteiger partial charge in [0, 0.05) is 0 Å². The summed E-state index contributed by atoms with van der Waals surface area (Å²) in [5.41, 5.74) is 8.48. The van der Waals surface area contributed by atoms with Crippen molar-refractivity contribution in [2.45, 2.75) is 32.1 Å². The number of rotatable bonds is 8. The maximum atomic E-state index is 5.92. The normalized spacial score (nSPS) is 12.2. The van der Waals surface area contributed by atoms with Crippen molar-refractivity contribution in [2.75, 3.05) is 20.3 Å². The van der Waals surface area contributed by atoms with Crippen molar-refractivity contribution < 1.29 is 9.47 Å². The Kier molecular flexibility index (Phi) is 6.48. The van der Waals surface area contributed by atoms with Crippen molar-refractivity contribution in [3.05, 3.63) is 59.7 Å². The topological polar surface area (TPSA) is 44.5 Å². The Labute approximate surface area is 139 Å². The third-order valence-corrected chi connectivity index (χ3v) is 4.15. The van der Waals surface area contributed by atoms with Gasteiger partial charge in [0.15, 0.2) is 0 Å². The summed E-state index contributed by atoms with van der Waals surface area (Å²) in [4.78, 5) is 0. The molecular formula is C20H27NO2. The quantitative estimate of drug-likeness (QED) is 0.789. The summed E-state index contributed by atoms with van der Waals surface area (Å²) in [6.07, 6.45) is 0.898. The van der Waals surface area contributed by atoms with E-state index in [1.807, 2.05) is 24.3 Å². The summed E-state index contributed by atoms with van der Waals surface area (Å²) < 4.78 is 11.1. The molecule has 1 unspecified atom stereocenters. The molecule has 0 bridgehead atoms. The molecule has 124 valence electrons. The highest BCUT2D eigenvalue weighted by Gasteiger charge is 2.10. The molecule has 2 aromatic rings.